The minimum Gasteiger partial charge on any atom is -0.488 e. The second kappa shape index (κ2) is 4.28. The van der Waals surface area contributed by atoms with Gasteiger partial charge < -0.3 is 13.9 Å². The van der Waals surface area contributed by atoms with Gasteiger partial charge in [0.05, 0.1) is 12.7 Å². The quantitative estimate of drug-likeness (QED) is 0.732. The van der Waals surface area contributed by atoms with Gasteiger partial charge in [-0.25, -0.2) is 9.59 Å². The first kappa shape index (κ1) is 11.5. The third-order valence-corrected chi connectivity index (χ3v) is 2.95. The molecule has 0 bridgehead atoms. The molecule has 0 amide bonds. The smallest absolute Gasteiger partial charge is 0.351 e. The average molecular weight is 258 g/mol. The van der Waals surface area contributed by atoms with Crippen molar-refractivity contribution in [1.82, 2.24) is 0 Å². The van der Waals surface area contributed by atoms with E-state index in [1.54, 1.807) is 12.1 Å². The van der Waals surface area contributed by atoms with Crippen LogP contribution >= 0.6 is 0 Å². The zero-order chi connectivity index (χ0) is 13.4. The molecule has 0 saturated heterocycles. The maximum absolute atomic E-state index is 11.8. The van der Waals surface area contributed by atoms with Crippen LogP contribution in [-0.4, -0.2) is 13.1 Å². The molecule has 2 aromatic rings. The third kappa shape index (κ3) is 1.79. The second-order valence-electron chi connectivity index (χ2n) is 4.08. The summed E-state index contributed by atoms with van der Waals surface area (Å²) >= 11 is 0. The average Bonchev–Trinajstić information content (AvgIpc) is 2.45. The monoisotopic (exact) mass is 258 g/mol. The Morgan fingerprint density at radius 2 is 2.11 bits per heavy atom. The molecule has 1 aliphatic rings. The van der Waals surface area contributed by atoms with E-state index in [2.05, 4.69) is 4.74 Å². The number of carbonyl (C=O) groups excluding carboxylic acids is 1. The Bertz CT molecular complexity index is 714. The Labute approximate surface area is 108 Å². The van der Waals surface area contributed by atoms with E-state index in [1.165, 1.54) is 13.2 Å². The van der Waals surface area contributed by atoms with Gasteiger partial charge in [0.2, 0.25) is 0 Å². The van der Waals surface area contributed by atoms with E-state index < -0.39 is 11.6 Å². The van der Waals surface area contributed by atoms with Gasteiger partial charge in [0.1, 0.15) is 23.7 Å². The molecule has 3 rings (SSSR count). The normalized spacial score (nSPS) is 12.1. The molecule has 0 N–H and O–H groups in total. The summed E-state index contributed by atoms with van der Waals surface area (Å²) in [7, 11) is 1.22. The molecular weight excluding hydrogens is 248 g/mol. The van der Waals surface area contributed by atoms with Gasteiger partial charge in [0, 0.05) is 5.56 Å². The first-order chi connectivity index (χ1) is 9.20. The lowest BCUT2D eigenvalue weighted by molar-refractivity contribution is 0.0595. The number of benzene rings is 1. The highest BCUT2D eigenvalue weighted by Crippen LogP contribution is 2.36. The van der Waals surface area contributed by atoms with Crippen LogP contribution in [0.5, 0.6) is 5.75 Å². The van der Waals surface area contributed by atoms with Crippen molar-refractivity contribution in [3.8, 4) is 17.1 Å². The highest BCUT2D eigenvalue weighted by molar-refractivity contribution is 5.89. The fraction of sp³-hybridized carbons (Fsp3) is 0.143. The first-order valence-corrected chi connectivity index (χ1v) is 5.68. The zero-order valence-corrected chi connectivity index (χ0v) is 10.1. The molecule has 0 unspecified atom stereocenters. The maximum atomic E-state index is 11.8. The molecule has 0 atom stereocenters. The van der Waals surface area contributed by atoms with Crippen molar-refractivity contribution in [1.29, 1.82) is 0 Å². The number of esters is 1. The summed E-state index contributed by atoms with van der Waals surface area (Å²) in [6, 6.07) is 8.72. The fourth-order valence-corrected chi connectivity index (χ4v) is 2.03. The van der Waals surface area contributed by atoms with Gasteiger partial charge in [-0.15, -0.1) is 0 Å². The van der Waals surface area contributed by atoms with E-state index in [1.807, 2.05) is 12.1 Å². The molecule has 0 aliphatic carbocycles. The van der Waals surface area contributed by atoms with E-state index in [9.17, 15) is 9.59 Å². The minimum absolute atomic E-state index is 0.121. The number of para-hydroxylation sites is 1. The van der Waals surface area contributed by atoms with Gasteiger partial charge in [-0.2, -0.15) is 0 Å². The van der Waals surface area contributed by atoms with Crippen LogP contribution in [0.4, 0.5) is 0 Å². The Balaban J connectivity index is 2.21. The summed E-state index contributed by atoms with van der Waals surface area (Å²) in [5.74, 6) is 0.388. The summed E-state index contributed by atoms with van der Waals surface area (Å²) < 4.78 is 15.3. The van der Waals surface area contributed by atoms with E-state index >= 15 is 0 Å². The molecule has 0 spiro atoms. The molecule has 19 heavy (non-hydrogen) atoms. The summed E-state index contributed by atoms with van der Waals surface area (Å²) in [5.41, 5.74) is 0.530. The minimum atomic E-state index is -0.713. The molecular formula is C14H10O5. The first-order valence-electron chi connectivity index (χ1n) is 5.68. The van der Waals surface area contributed by atoms with Gasteiger partial charge in [-0.05, 0) is 18.2 Å². The second-order valence-corrected chi connectivity index (χ2v) is 4.08. The van der Waals surface area contributed by atoms with Crippen LogP contribution < -0.4 is 10.4 Å². The number of hydrogen-bond acceptors (Lipinski definition) is 5. The van der Waals surface area contributed by atoms with E-state index in [0.717, 1.165) is 0 Å². The molecule has 5 nitrogen and oxygen atoms in total. The topological polar surface area (TPSA) is 65.7 Å². The zero-order valence-electron chi connectivity index (χ0n) is 10.1. The van der Waals surface area contributed by atoms with Crippen LogP contribution in [0.25, 0.3) is 11.3 Å². The van der Waals surface area contributed by atoms with Crippen molar-refractivity contribution in [2.45, 2.75) is 6.61 Å². The van der Waals surface area contributed by atoms with E-state index in [4.69, 9.17) is 9.15 Å². The SMILES string of the molecule is COC(=O)c1cc2c(oc1=O)-c1ccccc1OC2. The number of ether oxygens (including phenoxy) is 2. The Hall–Kier alpha value is -2.56. The van der Waals surface area contributed by atoms with Crippen molar-refractivity contribution < 1.29 is 18.7 Å². The standard InChI is InChI=1S/C14H10O5/c1-17-13(15)10-6-8-7-18-11-5-3-2-4-9(11)12(8)19-14(10)16/h2-6H,7H2,1H3. The molecule has 0 radical (unpaired) electrons. The van der Waals surface area contributed by atoms with Crippen LogP contribution in [0, 0.1) is 0 Å². The molecule has 1 aromatic heterocycles. The van der Waals surface area contributed by atoms with Crippen molar-refractivity contribution in [2.75, 3.05) is 7.11 Å². The van der Waals surface area contributed by atoms with Crippen molar-refractivity contribution >= 4 is 5.97 Å². The van der Waals surface area contributed by atoms with Crippen LogP contribution in [0.1, 0.15) is 15.9 Å². The van der Waals surface area contributed by atoms with E-state index in [0.29, 0.717) is 22.6 Å². The summed E-state index contributed by atoms with van der Waals surface area (Å²) in [6.45, 7) is 0.250. The summed E-state index contributed by atoms with van der Waals surface area (Å²) in [5, 5.41) is 0. The molecule has 1 aliphatic heterocycles. The Morgan fingerprint density at radius 1 is 1.32 bits per heavy atom. The number of rotatable bonds is 1. The van der Waals surface area contributed by atoms with Crippen LogP contribution in [0.3, 0.4) is 0 Å². The molecule has 1 aromatic carbocycles. The van der Waals surface area contributed by atoms with Crippen molar-refractivity contribution in [3.05, 3.63) is 51.9 Å². The maximum Gasteiger partial charge on any atom is 0.351 e. The summed E-state index contributed by atoms with van der Waals surface area (Å²) in [4.78, 5) is 23.2. The molecule has 5 heteroatoms. The highest BCUT2D eigenvalue weighted by Gasteiger charge is 2.23. The Kier molecular flexibility index (Phi) is 2.59. The van der Waals surface area contributed by atoms with Crippen molar-refractivity contribution in [2.24, 2.45) is 0 Å². The predicted octanol–water partition coefficient (Wildman–Crippen LogP) is 1.99. The van der Waals surface area contributed by atoms with Gasteiger partial charge in [-0.3, -0.25) is 0 Å². The number of carbonyl (C=O) groups is 1. The van der Waals surface area contributed by atoms with Gasteiger partial charge in [0.25, 0.3) is 0 Å². The van der Waals surface area contributed by atoms with Gasteiger partial charge in [0.15, 0.2) is 0 Å². The molecule has 0 saturated carbocycles. The number of hydrogen-bond donors (Lipinski definition) is 0. The fourth-order valence-electron chi connectivity index (χ4n) is 2.03. The van der Waals surface area contributed by atoms with Crippen molar-refractivity contribution in [3.63, 3.8) is 0 Å². The van der Waals surface area contributed by atoms with Crippen LogP contribution in [0.15, 0.2) is 39.5 Å². The number of fused-ring (bicyclic) bond motifs is 3. The lowest BCUT2D eigenvalue weighted by Gasteiger charge is -2.19. The molecule has 0 fully saturated rings. The Morgan fingerprint density at radius 3 is 2.89 bits per heavy atom. The predicted molar refractivity (Wildman–Crippen MR) is 66.1 cm³/mol. The lowest BCUT2D eigenvalue weighted by Crippen LogP contribution is -2.18. The van der Waals surface area contributed by atoms with E-state index in [-0.39, 0.29) is 12.2 Å². The lowest BCUT2D eigenvalue weighted by atomic mass is 10.0. The van der Waals surface area contributed by atoms with Gasteiger partial charge in [-0.1, -0.05) is 12.1 Å². The van der Waals surface area contributed by atoms with Crippen LogP contribution in [0.2, 0.25) is 0 Å². The van der Waals surface area contributed by atoms with Gasteiger partial charge >= 0.3 is 11.6 Å². The third-order valence-electron chi connectivity index (χ3n) is 2.95. The number of methoxy groups -OCH3 is 1. The molecule has 96 valence electrons. The highest BCUT2D eigenvalue weighted by atomic mass is 16.5. The summed E-state index contributed by atoms with van der Waals surface area (Å²) in [6.07, 6.45) is 0. The van der Waals surface area contributed by atoms with Crippen LogP contribution in [-0.2, 0) is 11.3 Å². The largest absolute Gasteiger partial charge is 0.488 e. The molecule has 2 heterocycles.